The Bertz CT molecular complexity index is 640. The van der Waals surface area contributed by atoms with Gasteiger partial charge in [-0.3, -0.25) is 9.59 Å². The van der Waals surface area contributed by atoms with Crippen molar-refractivity contribution < 1.29 is 9.59 Å². The minimum absolute atomic E-state index is 0. The minimum atomic E-state index is -0.502. The third kappa shape index (κ3) is 3.47. The summed E-state index contributed by atoms with van der Waals surface area (Å²) < 4.78 is 0. The van der Waals surface area contributed by atoms with Gasteiger partial charge in [0.05, 0.1) is 0 Å². The molecule has 0 radical (unpaired) electrons. The number of halogens is 1. The number of carbonyl (C=O) groups excluding carboxylic acids is 2. The van der Waals surface area contributed by atoms with Gasteiger partial charge in [-0.1, -0.05) is 36.8 Å². The summed E-state index contributed by atoms with van der Waals surface area (Å²) in [5.41, 5.74) is 7.27. The van der Waals surface area contributed by atoms with Crippen molar-refractivity contribution in [2.75, 3.05) is 13.1 Å². The van der Waals surface area contributed by atoms with Gasteiger partial charge in [-0.05, 0) is 43.1 Å². The third-order valence-electron chi connectivity index (χ3n) is 6.37. The van der Waals surface area contributed by atoms with E-state index in [1.807, 2.05) is 35.2 Å². The summed E-state index contributed by atoms with van der Waals surface area (Å²) in [6, 6.07) is 9.39. The third-order valence-corrected chi connectivity index (χ3v) is 6.37. The molecule has 2 bridgehead atoms. The van der Waals surface area contributed by atoms with Crippen LogP contribution in [0.15, 0.2) is 30.3 Å². The molecule has 3 aliphatic rings. The highest BCUT2D eigenvalue weighted by molar-refractivity contribution is 5.90. The topological polar surface area (TPSA) is 75.4 Å². The molecule has 2 aliphatic carbocycles. The molecule has 1 aromatic rings. The fraction of sp³-hybridized carbons (Fsp3) is 0.600. The molecule has 1 aromatic carbocycles. The Labute approximate surface area is 161 Å². The van der Waals surface area contributed by atoms with Crippen LogP contribution in [0.25, 0.3) is 0 Å². The summed E-state index contributed by atoms with van der Waals surface area (Å²) in [7, 11) is 0. The SMILES string of the molecule is Cl.NC1C2CCCC1CC(C(=O)N1CCNC(=O)C1c1ccccc1)C2. The number of fused-ring (bicyclic) bond motifs is 2. The quantitative estimate of drug-likeness (QED) is 0.830. The van der Waals surface area contributed by atoms with E-state index in [-0.39, 0.29) is 36.2 Å². The molecule has 1 aliphatic heterocycles. The van der Waals surface area contributed by atoms with Crippen LogP contribution in [0.1, 0.15) is 43.7 Å². The first-order chi connectivity index (χ1) is 12.1. The Kier molecular flexibility index (Phi) is 5.88. The largest absolute Gasteiger partial charge is 0.352 e. The molecule has 3 N–H and O–H groups in total. The van der Waals surface area contributed by atoms with Gasteiger partial charge in [-0.15, -0.1) is 12.4 Å². The molecule has 1 saturated heterocycles. The van der Waals surface area contributed by atoms with Crippen LogP contribution in [-0.2, 0) is 9.59 Å². The van der Waals surface area contributed by atoms with Crippen molar-refractivity contribution >= 4 is 24.2 Å². The van der Waals surface area contributed by atoms with Gasteiger partial charge in [-0.2, -0.15) is 0 Å². The molecular formula is C20H28ClN3O2. The fourth-order valence-electron chi connectivity index (χ4n) is 5.10. The minimum Gasteiger partial charge on any atom is -0.352 e. The first-order valence-electron chi connectivity index (χ1n) is 9.54. The second-order valence-electron chi connectivity index (χ2n) is 7.83. The molecule has 6 heteroatoms. The number of hydrogen-bond donors (Lipinski definition) is 2. The van der Waals surface area contributed by atoms with Gasteiger partial charge < -0.3 is 16.0 Å². The first-order valence-corrected chi connectivity index (χ1v) is 9.54. The number of amides is 2. The van der Waals surface area contributed by atoms with Gasteiger partial charge in [0.1, 0.15) is 6.04 Å². The number of rotatable bonds is 2. The zero-order valence-electron chi connectivity index (χ0n) is 15.0. The van der Waals surface area contributed by atoms with Crippen molar-refractivity contribution in [3.05, 3.63) is 35.9 Å². The molecule has 142 valence electrons. The molecular weight excluding hydrogens is 350 g/mol. The van der Waals surface area contributed by atoms with Crippen LogP contribution in [0.4, 0.5) is 0 Å². The van der Waals surface area contributed by atoms with Gasteiger partial charge in [0, 0.05) is 25.0 Å². The zero-order valence-corrected chi connectivity index (χ0v) is 15.8. The molecule has 3 unspecified atom stereocenters. The number of hydrogen-bond acceptors (Lipinski definition) is 3. The summed E-state index contributed by atoms with van der Waals surface area (Å²) in [5, 5.41) is 2.91. The Morgan fingerprint density at radius 3 is 2.42 bits per heavy atom. The zero-order chi connectivity index (χ0) is 17.4. The van der Waals surface area contributed by atoms with Crippen molar-refractivity contribution in [2.45, 2.75) is 44.2 Å². The molecule has 26 heavy (non-hydrogen) atoms. The highest BCUT2D eigenvalue weighted by atomic mass is 35.5. The van der Waals surface area contributed by atoms with E-state index in [1.165, 1.54) is 6.42 Å². The lowest BCUT2D eigenvalue weighted by Gasteiger charge is -2.45. The smallest absolute Gasteiger partial charge is 0.247 e. The fourth-order valence-corrected chi connectivity index (χ4v) is 5.10. The van der Waals surface area contributed by atoms with Crippen LogP contribution in [0, 0.1) is 17.8 Å². The number of carbonyl (C=O) groups is 2. The van der Waals surface area contributed by atoms with E-state index in [1.54, 1.807) is 0 Å². The number of nitrogens with one attached hydrogen (secondary N) is 1. The lowest BCUT2D eigenvalue weighted by molar-refractivity contribution is -0.148. The second-order valence-corrected chi connectivity index (χ2v) is 7.83. The van der Waals surface area contributed by atoms with Crippen LogP contribution >= 0.6 is 12.4 Å². The summed E-state index contributed by atoms with van der Waals surface area (Å²) in [6.07, 6.45) is 5.29. The van der Waals surface area contributed by atoms with Crippen molar-refractivity contribution in [3.8, 4) is 0 Å². The van der Waals surface area contributed by atoms with Crippen LogP contribution < -0.4 is 11.1 Å². The molecule has 0 aromatic heterocycles. The van der Waals surface area contributed by atoms with Gasteiger partial charge >= 0.3 is 0 Å². The summed E-state index contributed by atoms with van der Waals surface area (Å²) >= 11 is 0. The van der Waals surface area contributed by atoms with Gasteiger partial charge in [-0.25, -0.2) is 0 Å². The number of nitrogens with two attached hydrogens (primary N) is 1. The van der Waals surface area contributed by atoms with Crippen molar-refractivity contribution in [1.82, 2.24) is 10.2 Å². The van der Waals surface area contributed by atoms with Crippen molar-refractivity contribution in [2.24, 2.45) is 23.5 Å². The molecule has 2 saturated carbocycles. The highest BCUT2D eigenvalue weighted by Gasteiger charge is 2.44. The van der Waals surface area contributed by atoms with E-state index in [4.69, 9.17) is 5.73 Å². The number of piperazine rings is 1. The van der Waals surface area contributed by atoms with E-state index >= 15 is 0 Å². The highest BCUT2D eigenvalue weighted by Crippen LogP contribution is 2.43. The standard InChI is InChI=1S/C20H27N3O2.ClH/c21-17-14-7-4-8-15(17)12-16(11-14)20(25)23-10-9-22-19(24)18(23)13-5-2-1-3-6-13;/h1-3,5-6,14-18H,4,7-12,21H2,(H,22,24);1H. The summed E-state index contributed by atoms with van der Waals surface area (Å²) in [6.45, 7) is 1.12. The Hall–Kier alpha value is -1.59. The molecule has 1 heterocycles. The number of nitrogens with zero attached hydrogens (tertiary/aromatic N) is 1. The van der Waals surface area contributed by atoms with E-state index in [9.17, 15) is 9.59 Å². The second kappa shape index (κ2) is 7.97. The summed E-state index contributed by atoms with van der Waals surface area (Å²) in [5.74, 6) is 1.03. The van der Waals surface area contributed by atoms with Crippen LogP contribution in [-0.4, -0.2) is 35.8 Å². The maximum Gasteiger partial charge on any atom is 0.247 e. The van der Waals surface area contributed by atoms with Gasteiger partial charge in [0.15, 0.2) is 0 Å². The lowest BCUT2D eigenvalue weighted by Crippen LogP contribution is -2.55. The maximum absolute atomic E-state index is 13.3. The number of benzene rings is 1. The maximum atomic E-state index is 13.3. The molecule has 2 amide bonds. The van der Waals surface area contributed by atoms with Crippen LogP contribution in [0.3, 0.4) is 0 Å². The van der Waals surface area contributed by atoms with Gasteiger partial charge in [0.25, 0.3) is 0 Å². The van der Waals surface area contributed by atoms with Crippen LogP contribution in [0.5, 0.6) is 0 Å². The van der Waals surface area contributed by atoms with E-state index in [0.29, 0.717) is 24.9 Å². The molecule has 3 fully saturated rings. The van der Waals surface area contributed by atoms with Crippen LogP contribution in [0.2, 0.25) is 0 Å². The normalized spacial score (nSPS) is 33.8. The lowest BCUT2D eigenvalue weighted by atomic mass is 9.65. The molecule has 0 spiro atoms. The van der Waals surface area contributed by atoms with E-state index in [2.05, 4.69) is 5.32 Å². The van der Waals surface area contributed by atoms with Gasteiger partial charge in [0.2, 0.25) is 11.8 Å². The summed E-state index contributed by atoms with van der Waals surface area (Å²) in [4.78, 5) is 27.7. The Morgan fingerprint density at radius 1 is 1.12 bits per heavy atom. The predicted octanol–water partition coefficient (Wildman–Crippen LogP) is 2.26. The average Bonchev–Trinajstić information content (AvgIpc) is 2.61. The van der Waals surface area contributed by atoms with Crippen molar-refractivity contribution in [3.63, 3.8) is 0 Å². The van der Waals surface area contributed by atoms with Crippen molar-refractivity contribution in [1.29, 1.82) is 0 Å². The average molecular weight is 378 g/mol. The molecule has 4 rings (SSSR count). The Morgan fingerprint density at radius 2 is 1.77 bits per heavy atom. The monoisotopic (exact) mass is 377 g/mol. The van der Waals surface area contributed by atoms with E-state index < -0.39 is 6.04 Å². The van der Waals surface area contributed by atoms with E-state index in [0.717, 1.165) is 31.2 Å². The predicted molar refractivity (Wildman–Crippen MR) is 103 cm³/mol. The first kappa shape index (κ1) is 19.2. The molecule has 3 atom stereocenters. The molecule has 5 nitrogen and oxygen atoms in total. The Balaban J connectivity index is 0.00000196.